The fourth-order valence-electron chi connectivity index (χ4n) is 2.08. The van der Waals surface area contributed by atoms with E-state index in [0.29, 0.717) is 5.82 Å². The van der Waals surface area contributed by atoms with E-state index < -0.39 is 0 Å². The van der Waals surface area contributed by atoms with Gasteiger partial charge < -0.3 is 10.7 Å². The van der Waals surface area contributed by atoms with Gasteiger partial charge in [0.25, 0.3) is 0 Å². The predicted molar refractivity (Wildman–Crippen MR) is 67.6 cm³/mol. The number of benzene rings is 1. The van der Waals surface area contributed by atoms with Gasteiger partial charge in [0.15, 0.2) is 0 Å². The fourth-order valence-corrected chi connectivity index (χ4v) is 2.08. The highest BCUT2D eigenvalue weighted by molar-refractivity contribution is 5.84. The number of aromatic nitrogens is 4. The van der Waals surface area contributed by atoms with Gasteiger partial charge >= 0.3 is 0 Å². The fraction of sp³-hybridized carbons (Fsp3) is 0.167. The van der Waals surface area contributed by atoms with Crippen molar-refractivity contribution in [3.63, 3.8) is 0 Å². The Morgan fingerprint density at radius 3 is 2.76 bits per heavy atom. The molecule has 5 nitrogen and oxygen atoms in total. The van der Waals surface area contributed by atoms with Gasteiger partial charge in [-0.2, -0.15) is 5.10 Å². The third-order valence-corrected chi connectivity index (χ3v) is 2.85. The smallest absolute Gasteiger partial charge is 0.143 e. The zero-order valence-corrected chi connectivity index (χ0v) is 9.70. The summed E-state index contributed by atoms with van der Waals surface area (Å²) in [7, 11) is 0. The Balaban J connectivity index is 2.27. The van der Waals surface area contributed by atoms with Crippen molar-refractivity contribution in [3.05, 3.63) is 29.5 Å². The van der Waals surface area contributed by atoms with E-state index in [-0.39, 0.29) is 0 Å². The first-order valence-corrected chi connectivity index (χ1v) is 5.41. The van der Waals surface area contributed by atoms with Crippen LogP contribution >= 0.6 is 0 Å². The third-order valence-electron chi connectivity index (χ3n) is 2.85. The van der Waals surface area contributed by atoms with Gasteiger partial charge in [0.05, 0.1) is 22.8 Å². The number of nitrogens with two attached hydrogens (primary N) is 1. The molecule has 0 spiro atoms. The lowest BCUT2D eigenvalue weighted by Gasteiger charge is -1.96. The largest absolute Gasteiger partial charge is 0.383 e. The van der Waals surface area contributed by atoms with Crippen LogP contribution in [0.2, 0.25) is 0 Å². The second-order valence-corrected chi connectivity index (χ2v) is 4.26. The van der Waals surface area contributed by atoms with Crippen molar-refractivity contribution >= 4 is 16.9 Å². The molecule has 0 radical (unpaired) electrons. The van der Waals surface area contributed by atoms with Crippen LogP contribution in [0.15, 0.2) is 18.3 Å². The minimum absolute atomic E-state index is 0.526. The van der Waals surface area contributed by atoms with Crippen LogP contribution < -0.4 is 5.73 Å². The Hall–Kier alpha value is -2.30. The molecule has 0 fully saturated rings. The topological polar surface area (TPSA) is 83.4 Å². The van der Waals surface area contributed by atoms with Gasteiger partial charge in [0, 0.05) is 0 Å². The molecule has 86 valence electrons. The summed E-state index contributed by atoms with van der Waals surface area (Å²) in [6.45, 7) is 4.12. The normalized spacial score (nSPS) is 11.2. The van der Waals surface area contributed by atoms with E-state index in [1.54, 1.807) is 6.20 Å². The summed E-state index contributed by atoms with van der Waals surface area (Å²) in [5, 5.41) is 6.60. The molecule has 17 heavy (non-hydrogen) atoms. The minimum Gasteiger partial charge on any atom is -0.383 e. The number of nitrogen functional groups attached to an aromatic ring is 1. The first-order chi connectivity index (χ1) is 8.15. The van der Waals surface area contributed by atoms with Crippen molar-refractivity contribution in [3.8, 4) is 11.4 Å². The maximum atomic E-state index is 5.78. The summed E-state index contributed by atoms with van der Waals surface area (Å²) < 4.78 is 0. The van der Waals surface area contributed by atoms with Gasteiger partial charge in [0.1, 0.15) is 11.6 Å². The molecule has 3 rings (SSSR count). The molecule has 0 amide bonds. The molecule has 0 saturated carbocycles. The maximum absolute atomic E-state index is 5.78. The quantitative estimate of drug-likeness (QED) is 0.595. The summed E-state index contributed by atoms with van der Waals surface area (Å²) in [4.78, 5) is 7.83. The Bertz CT molecular complexity index is 692. The van der Waals surface area contributed by atoms with Gasteiger partial charge in [-0.3, -0.25) is 5.10 Å². The molecule has 1 aromatic carbocycles. The molecular weight excluding hydrogens is 214 g/mol. The van der Waals surface area contributed by atoms with Crippen LogP contribution in [0, 0.1) is 13.8 Å². The van der Waals surface area contributed by atoms with Gasteiger partial charge in [-0.15, -0.1) is 0 Å². The standard InChI is InChI=1S/C12H13N5/c1-6-3-7(2)10-9(4-6)15-12(16-10)8-5-14-17-11(8)13/h3-5H,1-2H3,(H,15,16)(H3,13,14,17). The second kappa shape index (κ2) is 3.35. The highest BCUT2D eigenvalue weighted by atomic mass is 15.1. The Morgan fingerprint density at radius 2 is 2.06 bits per heavy atom. The molecule has 3 aromatic rings. The molecule has 0 unspecified atom stereocenters. The van der Waals surface area contributed by atoms with Crippen LogP contribution in [0.1, 0.15) is 11.1 Å². The molecule has 0 aliphatic rings. The molecular formula is C12H13N5. The number of H-pyrrole nitrogens is 2. The summed E-state index contributed by atoms with van der Waals surface area (Å²) in [6, 6.07) is 4.20. The van der Waals surface area contributed by atoms with Crippen molar-refractivity contribution in [2.45, 2.75) is 13.8 Å². The highest BCUT2D eigenvalue weighted by Gasteiger charge is 2.11. The Morgan fingerprint density at radius 1 is 1.24 bits per heavy atom. The number of rotatable bonds is 1. The summed E-state index contributed by atoms with van der Waals surface area (Å²) in [5.41, 5.74) is 11.0. The van der Waals surface area contributed by atoms with Crippen LogP contribution in [0.5, 0.6) is 0 Å². The summed E-state index contributed by atoms with van der Waals surface area (Å²) in [6.07, 6.45) is 1.68. The van der Waals surface area contributed by atoms with Crippen molar-refractivity contribution in [2.75, 3.05) is 5.73 Å². The van der Waals surface area contributed by atoms with Crippen LogP contribution in [0.4, 0.5) is 5.82 Å². The van der Waals surface area contributed by atoms with E-state index in [2.05, 4.69) is 46.1 Å². The van der Waals surface area contributed by atoms with E-state index in [4.69, 9.17) is 5.73 Å². The average molecular weight is 227 g/mol. The second-order valence-electron chi connectivity index (χ2n) is 4.26. The van der Waals surface area contributed by atoms with Crippen molar-refractivity contribution in [1.29, 1.82) is 0 Å². The van der Waals surface area contributed by atoms with Gasteiger partial charge in [-0.1, -0.05) is 6.07 Å². The summed E-state index contributed by atoms with van der Waals surface area (Å²) in [5.74, 6) is 1.28. The first-order valence-electron chi connectivity index (χ1n) is 5.41. The van der Waals surface area contributed by atoms with Crippen molar-refractivity contribution in [2.24, 2.45) is 0 Å². The SMILES string of the molecule is Cc1cc(C)c2nc(-c3cn[nH]c3N)[nH]c2c1. The van der Waals surface area contributed by atoms with Crippen LogP contribution in [-0.2, 0) is 0 Å². The lowest BCUT2D eigenvalue weighted by molar-refractivity contribution is 1.10. The molecule has 4 N–H and O–H groups in total. The molecule has 0 aliphatic heterocycles. The minimum atomic E-state index is 0.526. The van der Waals surface area contributed by atoms with Gasteiger partial charge in [-0.05, 0) is 31.0 Å². The average Bonchev–Trinajstić information content (AvgIpc) is 2.83. The molecule has 5 heteroatoms. The molecule has 0 saturated heterocycles. The van der Waals surface area contributed by atoms with Gasteiger partial charge in [-0.25, -0.2) is 4.98 Å². The first kappa shape index (κ1) is 9.89. The molecule has 0 bridgehead atoms. The van der Waals surface area contributed by atoms with E-state index in [1.807, 2.05) is 0 Å². The highest BCUT2D eigenvalue weighted by Crippen LogP contribution is 2.25. The number of nitrogens with zero attached hydrogens (tertiary/aromatic N) is 2. The summed E-state index contributed by atoms with van der Waals surface area (Å²) >= 11 is 0. The van der Waals surface area contributed by atoms with Gasteiger partial charge in [0.2, 0.25) is 0 Å². The lowest BCUT2D eigenvalue weighted by Crippen LogP contribution is -1.88. The lowest BCUT2D eigenvalue weighted by atomic mass is 10.1. The zero-order valence-electron chi connectivity index (χ0n) is 9.70. The number of aromatic amines is 2. The van der Waals surface area contributed by atoms with E-state index in [9.17, 15) is 0 Å². The van der Waals surface area contributed by atoms with E-state index >= 15 is 0 Å². The van der Waals surface area contributed by atoms with Crippen LogP contribution in [0.3, 0.4) is 0 Å². The Kier molecular flexibility index (Phi) is 1.95. The maximum Gasteiger partial charge on any atom is 0.143 e. The predicted octanol–water partition coefficient (Wildman–Crippen LogP) is 2.15. The molecule has 0 atom stereocenters. The van der Waals surface area contributed by atoms with Crippen molar-refractivity contribution in [1.82, 2.24) is 20.2 Å². The number of hydrogen-bond acceptors (Lipinski definition) is 3. The van der Waals surface area contributed by atoms with Crippen LogP contribution in [-0.4, -0.2) is 20.2 Å². The number of hydrogen-bond donors (Lipinski definition) is 3. The molecule has 2 aromatic heterocycles. The monoisotopic (exact) mass is 227 g/mol. The molecule has 2 heterocycles. The van der Waals surface area contributed by atoms with Crippen molar-refractivity contribution < 1.29 is 0 Å². The molecule has 0 aliphatic carbocycles. The van der Waals surface area contributed by atoms with E-state index in [0.717, 1.165) is 28.0 Å². The number of anilines is 1. The number of fused-ring (bicyclic) bond motifs is 1. The number of nitrogens with one attached hydrogen (secondary N) is 2. The number of imidazole rings is 1. The number of aryl methyl sites for hydroxylation is 2. The van der Waals surface area contributed by atoms with E-state index in [1.165, 1.54) is 5.56 Å². The third kappa shape index (κ3) is 1.47. The van der Waals surface area contributed by atoms with Crippen LogP contribution in [0.25, 0.3) is 22.4 Å². The zero-order chi connectivity index (χ0) is 12.0. The Labute approximate surface area is 98.1 Å².